The number of fused-ring (bicyclic) bond motifs is 1. The standard InChI is InChI=1S/C23H30FN5/c1-17-18(4-2-7-21(17)24)15-27-9-8-22-19(16-27)14-25-23(26-22)29-12-10-28(11-13-29)20-5-3-6-20/h2,4,7,14,20H,3,5-6,8-13,15-16H2,1H3. The maximum atomic E-state index is 13.8. The van der Waals surface area contributed by atoms with E-state index >= 15 is 0 Å². The van der Waals surface area contributed by atoms with Crippen LogP contribution in [-0.2, 0) is 19.5 Å². The lowest BCUT2D eigenvalue weighted by atomic mass is 9.91. The van der Waals surface area contributed by atoms with Crippen molar-refractivity contribution < 1.29 is 4.39 Å². The summed E-state index contributed by atoms with van der Waals surface area (Å²) in [6, 6.07) is 6.19. The van der Waals surface area contributed by atoms with E-state index in [2.05, 4.69) is 14.7 Å². The summed E-state index contributed by atoms with van der Waals surface area (Å²) < 4.78 is 13.8. The Bertz CT molecular complexity index is 874. The highest BCUT2D eigenvalue weighted by molar-refractivity contribution is 5.35. The van der Waals surface area contributed by atoms with Crippen molar-refractivity contribution in [3.05, 3.63) is 52.6 Å². The molecule has 29 heavy (non-hydrogen) atoms. The van der Waals surface area contributed by atoms with Crippen LogP contribution in [0.5, 0.6) is 0 Å². The van der Waals surface area contributed by atoms with Gasteiger partial charge >= 0.3 is 0 Å². The normalized spacial score (nSPS) is 21.1. The smallest absolute Gasteiger partial charge is 0.225 e. The maximum absolute atomic E-state index is 13.8. The first kappa shape index (κ1) is 18.9. The molecule has 1 saturated carbocycles. The summed E-state index contributed by atoms with van der Waals surface area (Å²) in [4.78, 5) is 17.0. The Balaban J connectivity index is 1.22. The molecule has 1 aliphatic carbocycles. The van der Waals surface area contributed by atoms with Crippen molar-refractivity contribution in [2.45, 2.75) is 51.7 Å². The Morgan fingerprint density at radius 1 is 1.10 bits per heavy atom. The second-order valence-electron chi connectivity index (χ2n) is 8.73. The van der Waals surface area contributed by atoms with Gasteiger partial charge < -0.3 is 4.90 Å². The Morgan fingerprint density at radius 3 is 2.69 bits per heavy atom. The lowest BCUT2D eigenvalue weighted by Gasteiger charge is -2.43. The third-order valence-corrected chi connectivity index (χ3v) is 6.96. The van der Waals surface area contributed by atoms with Crippen LogP contribution in [0.1, 0.15) is 41.6 Å². The zero-order valence-corrected chi connectivity index (χ0v) is 17.3. The highest BCUT2D eigenvalue weighted by atomic mass is 19.1. The van der Waals surface area contributed by atoms with Crippen molar-refractivity contribution in [3.63, 3.8) is 0 Å². The van der Waals surface area contributed by atoms with Gasteiger partial charge in [-0.2, -0.15) is 0 Å². The fourth-order valence-corrected chi connectivity index (χ4v) is 4.75. The summed E-state index contributed by atoms with van der Waals surface area (Å²) in [7, 11) is 0. The zero-order valence-electron chi connectivity index (χ0n) is 17.3. The summed E-state index contributed by atoms with van der Waals surface area (Å²) in [5, 5.41) is 0. The molecule has 0 N–H and O–H groups in total. The first-order valence-electron chi connectivity index (χ1n) is 11.0. The van der Waals surface area contributed by atoms with Gasteiger partial charge in [0.2, 0.25) is 5.95 Å². The molecule has 1 saturated heterocycles. The molecule has 0 amide bonds. The van der Waals surface area contributed by atoms with Crippen LogP contribution in [0.3, 0.4) is 0 Å². The average molecular weight is 396 g/mol. The van der Waals surface area contributed by atoms with E-state index in [4.69, 9.17) is 9.97 Å². The Kier molecular flexibility index (Phi) is 5.22. The molecule has 6 heteroatoms. The monoisotopic (exact) mass is 395 g/mol. The van der Waals surface area contributed by atoms with Crippen molar-refractivity contribution >= 4 is 5.95 Å². The predicted octanol–water partition coefficient (Wildman–Crippen LogP) is 3.16. The van der Waals surface area contributed by atoms with E-state index in [1.807, 2.05) is 19.2 Å². The van der Waals surface area contributed by atoms with E-state index < -0.39 is 0 Å². The summed E-state index contributed by atoms with van der Waals surface area (Å²) in [5.74, 6) is 0.775. The molecule has 154 valence electrons. The predicted molar refractivity (Wildman–Crippen MR) is 112 cm³/mol. The molecule has 2 aromatic rings. The van der Waals surface area contributed by atoms with Crippen molar-refractivity contribution in [2.24, 2.45) is 0 Å². The molecule has 1 aromatic carbocycles. The van der Waals surface area contributed by atoms with Crippen molar-refractivity contribution in [1.29, 1.82) is 0 Å². The van der Waals surface area contributed by atoms with E-state index in [0.29, 0.717) is 0 Å². The van der Waals surface area contributed by atoms with Crippen molar-refractivity contribution in [1.82, 2.24) is 19.8 Å². The molecule has 0 unspecified atom stereocenters. The second-order valence-corrected chi connectivity index (χ2v) is 8.73. The van der Waals surface area contributed by atoms with Gasteiger partial charge in [0.25, 0.3) is 0 Å². The highest BCUT2D eigenvalue weighted by Crippen LogP contribution is 2.27. The van der Waals surface area contributed by atoms with Gasteiger partial charge in [-0.05, 0) is 37.0 Å². The van der Waals surface area contributed by atoms with E-state index in [-0.39, 0.29) is 5.82 Å². The van der Waals surface area contributed by atoms with Crippen LogP contribution in [0.25, 0.3) is 0 Å². The van der Waals surface area contributed by atoms with Gasteiger partial charge in [-0.25, -0.2) is 14.4 Å². The van der Waals surface area contributed by atoms with Gasteiger partial charge in [0.05, 0.1) is 5.69 Å². The van der Waals surface area contributed by atoms with Gasteiger partial charge in [-0.3, -0.25) is 9.80 Å². The van der Waals surface area contributed by atoms with Crippen LogP contribution in [0, 0.1) is 12.7 Å². The van der Waals surface area contributed by atoms with Crippen LogP contribution in [-0.4, -0.2) is 58.5 Å². The minimum absolute atomic E-state index is 0.120. The number of piperazine rings is 1. The molecule has 5 rings (SSSR count). The number of hydrogen-bond acceptors (Lipinski definition) is 5. The van der Waals surface area contributed by atoms with Gasteiger partial charge in [0.1, 0.15) is 5.82 Å². The quantitative estimate of drug-likeness (QED) is 0.795. The van der Waals surface area contributed by atoms with Gasteiger partial charge in [0.15, 0.2) is 0 Å². The summed E-state index contributed by atoms with van der Waals surface area (Å²) >= 11 is 0. The van der Waals surface area contributed by atoms with E-state index in [0.717, 1.165) is 75.4 Å². The highest BCUT2D eigenvalue weighted by Gasteiger charge is 2.29. The molecule has 0 radical (unpaired) electrons. The van der Waals surface area contributed by atoms with E-state index in [1.165, 1.54) is 36.6 Å². The summed E-state index contributed by atoms with van der Waals surface area (Å²) in [6.45, 7) is 8.74. The van der Waals surface area contributed by atoms with Crippen molar-refractivity contribution in [3.8, 4) is 0 Å². The maximum Gasteiger partial charge on any atom is 0.225 e. The number of benzene rings is 1. The number of hydrogen-bond donors (Lipinski definition) is 0. The Morgan fingerprint density at radius 2 is 1.93 bits per heavy atom. The number of anilines is 1. The van der Waals surface area contributed by atoms with Crippen LogP contribution < -0.4 is 4.90 Å². The summed E-state index contributed by atoms with van der Waals surface area (Å²) in [6.07, 6.45) is 7.10. The zero-order chi connectivity index (χ0) is 19.8. The lowest BCUT2D eigenvalue weighted by Crippen LogP contribution is -2.52. The minimum atomic E-state index is -0.120. The topological polar surface area (TPSA) is 35.5 Å². The Hall–Kier alpha value is -2.05. The Labute approximate surface area is 172 Å². The molecule has 1 aromatic heterocycles. The van der Waals surface area contributed by atoms with Crippen LogP contribution in [0.2, 0.25) is 0 Å². The van der Waals surface area contributed by atoms with E-state index in [9.17, 15) is 4.39 Å². The largest absolute Gasteiger partial charge is 0.338 e. The first-order chi connectivity index (χ1) is 14.2. The summed E-state index contributed by atoms with van der Waals surface area (Å²) in [5.41, 5.74) is 4.21. The third-order valence-electron chi connectivity index (χ3n) is 6.96. The minimum Gasteiger partial charge on any atom is -0.338 e. The molecule has 2 aliphatic heterocycles. The average Bonchev–Trinajstić information content (AvgIpc) is 2.70. The van der Waals surface area contributed by atoms with Gasteiger partial charge in [-0.1, -0.05) is 18.6 Å². The fourth-order valence-electron chi connectivity index (χ4n) is 4.75. The van der Waals surface area contributed by atoms with Gasteiger partial charge in [-0.15, -0.1) is 0 Å². The SMILES string of the molecule is Cc1c(F)cccc1CN1CCc2nc(N3CCN(C4CCC4)CC3)ncc2C1. The third kappa shape index (κ3) is 3.88. The molecular formula is C23H30FN5. The molecule has 0 bridgehead atoms. The van der Waals surface area contributed by atoms with Crippen LogP contribution in [0.15, 0.2) is 24.4 Å². The fraction of sp³-hybridized carbons (Fsp3) is 0.565. The number of halogens is 1. The molecule has 5 nitrogen and oxygen atoms in total. The molecule has 3 aliphatic rings. The molecule has 0 spiro atoms. The molecule has 3 heterocycles. The number of rotatable bonds is 4. The lowest BCUT2D eigenvalue weighted by molar-refractivity contribution is 0.120. The molecular weight excluding hydrogens is 365 g/mol. The second kappa shape index (κ2) is 8.00. The number of nitrogens with zero attached hydrogens (tertiary/aromatic N) is 5. The van der Waals surface area contributed by atoms with Crippen molar-refractivity contribution in [2.75, 3.05) is 37.6 Å². The first-order valence-corrected chi connectivity index (χ1v) is 11.0. The van der Waals surface area contributed by atoms with Crippen LogP contribution >= 0.6 is 0 Å². The number of aromatic nitrogens is 2. The molecule has 0 atom stereocenters. The van der Waals surface area contributed by atoms with Crippen LogP contribution in [0.4, 0.5) is 10.3 Å². The van der Waals surface area contributed by atoms with E-state index in [1.54, 1.807) is 6.07 Å². The molecule has 2 fully saturated rings. The van der Waals surface area contributed by atoms with Gasteiger partial charge in [0, 0.05) is 70.0 Å².